The van der Waals surface area contributed by atoms with Crippen molar-refractivity contribution in [1.29, 1.82) is 0 Å². The van der Waals surface area contributed by atoms with Crippen molar-refractivity contribution in [3.63, 3.8) is 0 Å². The third kappa shape index (κ3) is 3.77. The molecule has 0 N–H and O–H groups in total. The smallest absolute Gasteiger partial charge is 0.230 e. The summed E-state index contributed by atoms with van der Waals surface area (Å²) >= 11 is 1.73. The molecule has 1 saturated heterocycles. The molecule has 1 fully saturated rings. The van der Waals surface area contributed by atoms with Crippen LogP contribution in [0.2, 0.25) is 0 Å². The summed E-state index contributed by atoms with van der Waals surface area (Å²) in [5.41, 5.74) is 1.80. The summed E-state index contributed by atoms with van der Waals surface area (Å²) in [6, 6.07) is 6.02. The van der Waals surface area contributed by atoms with E-state index in [9.17, 15) is 0 Å². The van der Waals surface area contributed by atoms with Crippen molar-refractivity contribution in [2.24, 2.45) is 0 Å². The summed E-state index contributed by atoms with van der Waals surface area (Å²) in [5, 5.41) is 3.25. The first kappa shape index (κ1) is 19.0. The molecule has 0 unspecified atom stereocenters. The van der Waals surface area contributed by atoms with Crippen molar-refractivity contribution < 1.29 is 13.9 Å². The van der Waals surface area contributed by atoms with Gasteiger partial charge in [0.2, 0.25) is 5.89 Å². The van der Waals surface area contributed by atoms with E-state index in [0.29, 0.717) is 17.7 Å². The lowest BCUT2D eigenvalue weighted by Crippen LogP contribution is -2.33. The first-order valence-corrected chi connectivity index (χ1v) is 10.4. The lowest BCUT2D eigenvalue weighted by Gasteiger charge is -2.33. The molecule has 1 aromatic carbocycles. The number of nitrogens with zero attached hydrogens (tertiary/aromatic N) is 3. The second kappa shape index (κ2) is 8.32. The van der Waals surface area contributed by atoms with Crippen LogP contribution < -0.4 is 9.47 Å². The maximum absolute atomic E-state index is 6.01. The Labute approximate surface area is 169 Å². The van der Waals surface area contributed by atoms with Crippen LogP contribution in [0, 0.1) is 6.92 Å². The SMILES string of the molecule is COc1ccc(-c2nc(CN3CCCC[C@@H]3c3nccs3)c(C)o2)c(OC)c1. The molecule has 0 aliphatic carbocycles. The van der Waals surface area contributed by atoms with Crippen LogP contribution in [0.5, 0.6) is 11.5 Å². The number of ether oxygens (including phenoxy) is 2. The van der Waals surface area contributed by atoms with E-state index >= 15 is 0 Å². The van der Waals surface area contributed by atoms with E-state index in [1.54, 1.807) is 25.6 Å². The molecule has 1 aliphatic heterocycles. The standard InChI is InChI=1S/C21H25N3O3S/c1-14-17(13-24-10-5-4-6-18(24)21-22-9-11-28-21)23-20(27-14)16-8-7-15(25-2)12-19(16)26-3/h7-9,11-12,18H,4-6,10,13H2,1-3H3/t18-/m1/s1. The molecule has 0 saturated carbocycles. The van der Waals surface area contributed by atoms with Crippen molar-refractivity contribution in [2.45, 2.75) is 38.8 Å². The zero-order chi connectivity index (χ0) is 19.5. The molecule has 7 heteroatoms. The average Bonchev–Trinajstić information content (AvgIpc) is 3.38. The van der Waals surface area contributed by atoms with Gasteiger partial charge in [0.15, 0.2) is 0 Å². The summed E-state index contributed by atoms with van der Waals surface area (Å²) in [6.07, 6.45) is 5.48. The highest BCUT2D eigenvalue weighted by Crippen LogP contribution is 2.36. The molecule has 0 spiro atoms. The summed E-state index contributed by atoms with van der Waals surface area (Å²) < 4.78 is 16.8. The largest absolute Gasteiger partial charge is 0.497 e. The number of oxazole rings is 1. The normalized spacial score (nSPS) is 17.6. The molecule has 1 atom stereocenters. The van der Waals surface area contributed by atoms with Crippen LogP contribution in [0.4, 0.5) is 0 Å². The van der Waals surface area contributed by atoms with E-state index < -0.39 is 0 Å². The van der Waals surface area contributed by atoms with Gasteiger partial charge in [-0.15, -0.1) is 11.3 Å². The third-order valence-corrected chi connectivity index (χ3v) is 6.11. The van der Waals surface area contributed by atoms with Crippen LogP contribution >= 0.6 is 11.3 Å². The minimum Gasteiger partial charge on any atom is -0.497 e. The Morgan fingerprint density at radius 3 is 2.89 bits per heavy atom. The monoisotopic (exact) mass is 399 g/mol. The summed E-state index contributed by atoms with van der Waals surface area (Å²) in [7, 11) is 3.28. The number of benzene rings is 1. The number of aryl methyl sites for hydroxylation is 1. The Kier molecular flexibility index (Phi) is 5.64. The van der Waals surface area contributed by atoms with Gasteiger partial charge in [-0.1, -0.05) is 6.42 Å². The number of hydrogen-bond acceptors (Lipinski definition) is 7. The molecule has 1 aliphatic rings. The van der Waals surface area contributed by atoms with Gasteiger partial charge < -0.3 is 13.9 Å². The van der Waals surface area contributed by atoms with E-state index in [1.165, 1.54) is 17.8 Å². The maximum Gasteiger partial charge on any atom is 0.230 e. The van der Waals surface area contributed by atoms with E-state index in [0.717, 1.165) is 42.3 Å². The summed E-state index contributed by atoms with van der Waals surface area (Å²) in [4.78, 5) is 11.8. The molecule has 148 valence electrons. The minimum absolute atomic E-state index is 0.365. The van der Waals surface area contributed by atoms with E-state index in [-0.39, 0.29) is 0 Å². The lowest BCUT2D eigenvalue weighted by atomic mass is 10.0. The Bertz CT molecular complexity index is 923. The second-order valence-electron chi connectivity index (χ2n) is 6.94. The fourth-order valence-electron chi connectivity index (χ4n) is 3.72. The van der Waals surface area contributed by atoms with Crippen molar-refractivity contribution in [3.05, 3.63) is 46.2 Å². The number of thiazole rings is 1. The molecular formula is C21H25N3O3S. The first-order chi connectivity index (χ1) is 13.7. The molecule has 28 heavy (non-hydrogen) atoms. The molecule has 6 nitrogen and oxygen atoms in total. The van der Waals surface area contributed by atoms with Gasteiger partial charge in [0.05, 0.1) is 31.5 Å². The van der Waals surface area contributed by atoms with Gasteiger partial charge in [0.25, 0.3) is 0 Å². The van der Waals surface area contributed by atoms with Gasteiger partial charge in [0.1, 0.15) is 22.3 Å². The van der Waals surface area contributed by atoms with Gasteiger partial charge in [-0.05, 0) is 38.4 Å². The number of aromatic nitrogens is 2. The van der Waals surface area contributed by atoms with E-state index in [4.69, 9.17) is 18.9 Å². The van der Waals surface area contributed by atoms with Crippen molar-refractivity contribution >= 4 is 11.3 Å². The Balaban J connectivity index is 1.59. The van der Waals surface area contributed by atoms with Gasteiger partial charge in [-0.25, -0.2) is 9.97 Å². The fourth-order valence-corrected chi connectivity index (χ4v) is 4.52. The number of piperidine rings is 1. The highest BCUT2D eigenvalue weighted by atomic mass is 32.1. The number of methoxy groups -OCH3 is 2. The van der Waals surface area contributed by atoms with E-state index in [1.807, 2.05) is 31.3 Å². The van der Waals surface area contributed by atoms with E-state index in [2.05, 4.69) is 15.3 Å². The predicted molar refractivity (Wildman–Crippen MR) is 109 cm³/mol. The highest BCUT2D eigenvalue weighted by molar-refractivity contribution is 7.09. The number of hydrogen-bond donors (Lipinski definition) is 0. The maximum atomic E-state index is 6.01. The zero-order valence-electron chi connectivity index (χ0n) is 16.5. The van der Waals surface area contributed by atoms with Gasteiger partial charge in [-0.2, -0.15) is 0 Å². The first-order valence-electron chi connectivity index (χ1n) is 9.51. The molecule has 2 aromatic heterocycles. The van der Waals surface area contributed by atoms with Crippen LogP contribution in [-0.4, -0.2) is 35.6 Å². The van der Waals surface area contributed by atoms with Crippen molar-refractivity contribution in [2.75, 3.05) is 20.8 Å². The van der Waals surface area contributed by atoms with Crippen LogP contribution in [0.1, 0.15) is 41.8 Å². The van der Waals surface area contributed by atoms with Crippen LogP contribution in [0.3, 0.4) is 0 Å². The van der Waals surface area contributed by atoms with Gasteiger partial charge in [0, 0.05) is 24.2 Å². The zero-order valence-corrected chi connectivity index (χ0v) is 17.3. The van der Waals surface area contributed by atoms with Crippen LogP contribution in [0.25, 0.3) is 11.5 Å². The van der Waals surface area contributed by atoms with Gasteiger partial charge in [-0.3, -0.25) is 4.90 Å². The molecule has 0 radical (unpaired) electrons. The molecule has 0 bridgehead atoms. The molecule has 3 heterocycles. The Morgan fingerprint density at radius 2 is 2.14 bits per heavy atom. The number of likely N-dealkylation sites (tertiary alicyclic amines) is 1. The predicted octanol–water partition coefficient (Wildman–Crippen LogP) is 4.85. The van der Waals surface area contributed by atoms with Gasteiger partial charge >= 0.3 is 0 Å². The van der Waals surface area contributed by atoms with Crippen molar-refractivity contribution in [1.82, 2.24) is 14.9 Å². The highest BCUT2D eigenvalue weighted by Gasteiger charge is 2.27. The quantitative estimate of drug-likeness (QED) is 0.590. The second-order valence-corrected chi connectivity index (χ2v) is 7.87. The summed E-state index contributed by atoms with van der Waals surface area (Å²) in [6.45, 7) is 3.79. The Morgan fingerprint density at radius 1 is 1.25 bits per heavy atom. The summed E-state index contributed by atoms with van der Waals surface area (Å²) in [5.74, 6) is 2.85. The topological polar surface area (TPSA) is 60.6 Å². The van der Waals surface area contributed by atoms with Crippen molar-refractivity contribution in [3.8, 4) is 23.0 Å². The lowest BCUT2D eigenvalue weighted by molar-refractivity contribution is 0.138. The molecule has 3 aromatic rings. The third-order valence-electron chi connectivity index (χ3n) is 5.23. The number of rotatable bonds is 6. The fraction of sp³-hybridized carbons (Fsp3) is 0.429. The molecule has 0 amide bonds. The molecule has 4 rings (SSSR count). The minimum atomic E-state index is 0.365. The van der Waals surface area contributed by atoms with Crippen LogP contribution in [-0.2, 0) is 6.54 Å². The average molecular weight is 400 g/mol. The Hall–Kier alpha value is -2.38. The molecular weight excluding hydrogens is 374 g/mol. The van der Waals surface area contributed by atoms with Crippen LogP contribution in [0.15, 0.2) is 34.2 Å².